The minimum atomic E-state index is 0.161. The second kappa shape index (κ2) is 7.80. The molecule has 158 valence electrons. The van der Waals surface area contributed by atoms with Crippen molar-refractivity contribution in [2.24, 2.45) is 0 Å². The van der Waals surface area contributed by atoms with Crippen LogP contribution < -0.4 is 0 Å². The molecule has 0 aliphatic rings. The first kappa shape index (κ1) is 19.1. The highest BCUT2D eigenvalue weighted by atomic mass is 16.4. The van der Waals surface area contributed by atoms with Gasteiger partial charge in [-0.05, 0) is 54.1 Å². The molecule has 5 nitrogen and oxygen atoms in total. The van der Waals surface area contributed by atoms with Crippen LogP contribution in [0, 0.1) is 0 Å². The van der Waals surface area contributed by atoms with Crippen molar-refractivity contribution in [3.05, 3.63) is 102 Å². The minimum Gasteiger partial charge on any atom is -0.507 e. The number of nitrogens with zero attached hydrogens (tertiary/aromatic N) is 2. The van der Waals surface area contributed by atoms with Gasteiger partial charge in [0, 0.05) is 16.7 Å². The first-order valence-corrected chi connectivity index (χ1v) is 10.6. The lowest BCUT2D eigenvalue weighted by atomic mass is 10.1. The van der Waals surface area contributed by atoms with Gasteiger partial charge in [-0.2, -0.15) is 0 Å². The fourth-order valence-corrected chi connectivity index (χ4v) is 3.73. The van der Waals surface area contributed by atoms with Gasteiger partial charge in [0.05, 0.1) is 0 Å². The molecule has 2 aromatic heterocycles. The number of oxazole rings is 2. The van der Waals surface area contributed by atoms with Crippen LogP contribution in [0.1, 0.15) is 11.1 Å². The average Bonchev–Trinajstić information content (AvgIpc) is 3.48. The lowest BCUT2D eigenvalue weighted by Crippen LogP contribution is -1.81. The Morgan fingerprint density at radius 2 is 1.18 bits per heavy atom. The Balaban J connectivity index is 1.22. The molecule has 33 heavy (non-hydrogen) atoms. The zero-order chi connectivity index (χ0) is 22.2. The van der Waals surface area contributed by atoms with Crippen LogP contribution in [-0.4, -0.2) is 15.1 Å². The number of fused-ring (bicyclic) bond motifs is 2. The molecule has 1 N–H and O–H groups in total. The number of phenols is 1. The maximum absolute atomic E-state index is 10.5. The lowest BCUT2D eigenvalue weighted by molar-refractivity contribution is 0.474. The molecule has 4 aromatic carbocycles. The van der Waals surface area contributed by atoms with Crippen molar-refractivity contribution in [1.82, 2.24) is 9.97 Å². The molecule has 0 unspecified atom stereocenters. The summed E-state index contributed by atoms with van der Waals surface area (Å²) in [6, 6.07) is 28.6. The van der Waals surface area contributed by atoms with Crippen LogP contribution >= 0.6 is 0 Å². The fourth-order valence-electron chi connectivity index (χ4n) is 3.73. The van der Waals surface area contributed by atoms with Crippen molar-refractivity contribution in [3.63, 3.8) is 0 Å². The normalized spacial score (nSPS) is 11.6. The standard InChI is InChI=1S/C28H18N2O3/c31-24-17-21(28-30-23-6-2-4-8-26(23)33-28)16-15-19(24)12-9-18-10-13-20(14-11-18)27-29-22-5-1-3-7-25(22)32-27/h1-17,31H. The van der Waals surface area contributed by atoms with Gasteiger partial charge in [-0.3, -0.25) is 0 Å². The number of aromatic hydroxyl groups is 1. The average molecular weight is 430 g/mol. The van der Waals surface area contributed by atoms with Gasteiger partial charge in [-0.15, -0.1) is 0 Å². The second-order valence-corrected chi connectivity index (χ2v) is 7.70. The van der Waals surface area contributed by atoms with Gasteiger partial charge in [0.25, 0.3) is 0 Å². The van der Waals surface area contributed by atoms with Gasteiger partial charge in [0.2, 0.25) is 11.8 Å². The maximum atomic E-state index is 10.5. The molecule has 0 aliphatic carbocycles. The molecule has 6 aromatic rings. The molecule has 6 rings (SSSR count). The van der Waals surface area contributed by atoms with Crippen molar-refractivity contribution in [2.45, 2.75) is 0 Å². The Hall–Kier alpha value is -4.64. The molecule has 0 radical (unpaired) electrons. The molecule has 0 saturated heterocycles. The van der Waals surface area contributed by atoms with Crippen molar-refractivity contribution < 1.29 is 13.9 Å². The van der Waals surface area contributed by atoms with Crippen LogP contribution in [0.15, 0.2) is 99.8 Å². The first-order chi connectivity index (χ1) is 16.2. The predicted molar refractivity (Wildman–Crippen MR) is 129 cm³/mol. The molecule has 2 heterocycles. The van der Waals surface area contributed by atoms with Crippen molar-refractivity contribution >= 4 is 34.4 Å². The number of para-hydroxylation sites is 4. The zero-order valence-electron chi connectivity index (χ0n) is 17.5. The van der Waals surface area contributed by atoms with Crippen molar-refractivity contribution in [2.75, 3.05) is 0 Å². The summed E-state index contributed by atoms with van der Waals surface area (Å²) < 4.78 is 11.6. The molecule has 0 spiro atoms. The van der Waals surface area contributed by atoms with E-state index in [1.807, 2.05) is 97.1 Å². The van der Waals surface area contributed by atoms with Crippen molar-refractivity contribution in [1.29, 1.82) is 0 Å². The molecular formula is C28H18N2O3. The number of phenolic OH excluding ortho intramolecular Hbond substituents is 1. The Labute approximate surface area is 189 Å². The summed E-state index contributed by atoms with van der Waals surface area (Å²) in [5, 5.41) is 10.5. The SMILES string of the molecule is Oc1cc(-c2nc3ccccc3o2)ccc1C=Cc1ccc(-c2nc3ccccc3o2)cc1. The zero-order valence-corrected chi connectivity index (χ0v) is 17.5. The maximum Gasteiger partial charge on any atom is 0.227 e. The number of hydrogen-bond donors (Lipinski definition) is 1. The predicted octanol–water partition coefficient (Wildman–Crippen LogP) is 7.18. The third kappa shape index (κ3) is 3.66. The molecule has 0 bridgehead atoms. The summed E-state index contributed by atoms with van der Waals surface area (Å²) in [5.41, 5.74) is 6.46. The fraction of sp³-hybridized carbons (Fsp3) is 0. The molecule has 5 heteroatoms. The number of aromatic nitrogens is 2. The van der Waals surface area contributed by atoms with Gasteiger partial charge in [-0.1, -0.05) is 54.6 Å². The highest BCUT2D eigenvalue weighted by Gasteiger charge is 2.10. The van der Waals surface area contributed by atoms with E-state index in [0.717, 1.165) is 38.9 Å². The van der Waals surface area contributed by atoms with E-state index < -0.39 is 0 Å². The minimum absolute atomic E-state index is 0.161. The van der Waals surface area contributed by atoms with Crippen LogP contribution in [0.2, 0.25) is 0 Å². The molecule has 0 aliphatic heterocycles. The van der Waals surface area contributed by atoms with E-state index in [9.17, 15) is 5.11 Å². The molecule has 0 saturated carbocycles. The Morgan fingerprint density at radius 1 is 0.606 bits per heavy atom. The van der Waals surface area contributed by atoms with E-state index in [1.54, 1.807) is 6.07 Å². The highest BCUT2D eigenvalue weighted by Crippen LogP contribution is 2.30. The van der Waals surface area contributed by atoms with Gasteiger partial charge >= 0.3 is 0 Å². The number of rotatable bonds is 4. The summed E-state index contributed by atoms with van der Waals surface area (Å²) in [5.74, 6) is 1.24. The largest absolute Gasteiger partial charge is 0.507 e. The van der Waals surface area contributed by atoms with Crippen molar-refractivity contribution in [3.8, 4) is 28.7 Å². The molecule has 0 atom stereocenters. The molecule has 0 amide bonds. The van der Waals surface area contributed by atoms with E-state index in [4.69, 9.17) is 8.83 Å². The molecular weight excluding hydrogens is 412 g/mol. The van der Waals surface area contributed by atoms with Gasteiger partial charge in [-0.25, -0.2) is 9.97 Å². The number of benzene rings is 4. The van der Waals surface area contributed by atoms with Crippen LogP contribution in [-0.2, 0) is 0 Å². The third-order valence-electron chi connectivity index (χ3n) is 5.48. The van der Waals surface area contributed by atoms with E-state index in [2.05, 4.69) is 9.97 Å². The first-order valence-electron chi connectivity index (χ1n) is 10.6. The summed E-state index contributed by atoms with van der Waals surface area (Å²) >= 11 is 0. The third-order valence-corrected chi connectivity index (χ3v) is 5.48. The Kier molecular flexibility index (Phi) is 4.51. The second-order valence-electron chi connectivity index (χ2n) is 7.70. The number of hydrogen-bond acceptors (Lipinski definition) is 5. The summed E-state index contributed by atoms with van der Waals surface area (Å²) in [7, 11) is 0. The summed E-state index contributed by atoms with van der Waals surface area (Å²) in [6.07, 6.45) is 3.82. The highest BCUT2D eigenvalue weighted by molar-refractivity contribution is 5.79. The molecule has 0 fully saturated rings. The van der Waals surface area contributed by atoms with E-state index in [-0.39, 0.29) is 5.75 Å². The van der Waals surface area contributed by atoms with Crippen LogP contribution in [0.25, 0.3) is 57.3 Å². The van der Waals surface area contributed by atoms with E-state index in [1.165, 1.54) is 0 Å². The monoisotopic (exact) mass is 430 g/mol. The van der Waals surface area contributed by atoms with Gasteiger partial charge in [0.1, 0.15) is 16.8 Å². The summed E-state index contributed by atoms with van der Waals surface area (Å²) in [6.45, 7) is 0. The van der Waals surface area contributed by atoms with Gasteiger partial charge < -0.3 is 13.9 Å². The quantitative estimate of drug-likeness (QED) is 0.300. The Bertz CT molecular complexity index is 1560. The smallest absolute Gasteiger partial charge is 0.227 e. The summed E-state index contributed by atoms with van der Waals surface area (Å²) in [4.78, 5) is 9.02. The van der Waals surface area contributed by atoms with E-state index >= 15 is 0 Å². The van der Waals surface area contributed by atoms with Crippen LogP contribution in [0.5, 0.6) is 5.75 Å². The van der Waals surface area contributed by atoms with Gasteiger partial charge in [0.15, 0.2) is 11.2 Å². The topological polar surface area (TPSA) is 72.3 Å². The van der Waals surface area contributed by atoms with Crippen LogP contribution in [0.3, 0.4) is 0 Å². The lowest BCUT2D eigenvalue weighted by Gasteiger charge is -2.02. The van der Waals surface area contributed by atoms with Crippen LogP contribution in [0.4, 0.5) is 0 Å². The Morgan fingerprint density at radius 3 is 1.79 bits per heavy atom. The van der Waals surface area contributed by atoms with E-state index in [0.29, 0.717) is 17.3 Å².